The van der Waals surface area contributed by atoms with Crippen LogP contribution in [0.5, 0.6) is 5.75 Å². The molecule has 0 unspecified atom stereocenters. The van der Waals surface area contributed by atoms with Crippen molar-refractivity contribution in [3.8, 4) is 5.75 Å². The van der Waals surface area contributed by atoms with E-state index in [-0.39, 0.29) is 35.4 Å². The third-order valence-corrected chi connectivity index (χ3v) is 7.68. The number of hydrogen-bond donors (Lipinski definition) is 0. The Morgan fingerprint density at radius 3 is 2.44 bits per heavy atom. The van der Waals surface area contributed by atoms with Crippen molar-refractivity contribution in [1.29, 1.82) is 0 Å². The lowest BCUT2D eigenvalue weighted by molar-refractivity contribution is -0.118. The molecule has 1 amide bonds. The van der Waals surface area contributed by atoms with E-state index in [1.54, 1.807) is 12.0 Å². The Morgan fingerprint density at radius 2 is 1.81 bits per heavy atom. The molecule has 0 saturated heterocycles. The number of anilines is 1. The third-order valence-electron chi connectivity index (χ3n) is 4.65. The predicted molar refractivity (Wildman–Crippen MR) is 132 cm³/mol. The first-order chi connectivity index (χ1) is 14.7. The van der Waals surface area contributed by atoms with E-state index in [0.717, 1.165) is 4.70 Å². The summed E-state index contributed by atoms with van der Waals surface area (Å²) in [6, 6.07) is 11.5. The Balaban J connectivity index is 0.00000363. The van der Waals surface area contributed by atoms with E-state index in [1.807, 2.05) is 37.2 Å². The van der Waals surface area contributed by atoms with Gasteiger partial charge in [0.25, 0.3) is 0 Å². The van der Waals surface area contributed by atoms with E-state index >= 15 is 0 Å². The fourth-order valence-electron chi connectivity index (χ4n) is 2.94. The molecule has 0 N–H and O–H groups in total. The molecule has 0 aliphatic carbocycles. The SMILES string of the molecule is COc1cccc2sc(N(CCN(C)C)C(=O)CCS(=O)(=O)c3ccc(Cl)cc3)nc12.Cl. The Kier molecular flexibility index (Phi) is 9.29. The van der Waals surface area contributed by atoms with Crippen LogP contribution in [0.4, 0.5) is 5.13 Å². The van der Waals surface area contributed by atoms with Gasteiger partial charge in [0.1, 0.15) is 11.3 Å². The topological polar surface area (TPSA) is 79.8 Å². The van der Waals surface area contributed by atoms with Crippen LogP contribution in [0, 0.1) is 0 Å². The number of sulfone groups is 1. The van der Waals surface area contributed by atoms with Gasteiger partial charge in [-0.25, -0.2) is 13.4 Å². The van der Waals surface area contributed by atoms with Crippen LogP contribution in [0.2, 0.25) is 5.02 Å². The number of benzene rings is 2. The van der Waals surface area contributed by atoms with Crippen LogP contribution >= 0.6 is 35.3 Å². The lowest BCUT2D eigenvalue weighted by Gasteiger charge is -2.22. The molecular weight excluding hydrogens is 493 g/mol. The molecule has 2 aromatic carbocycles. The number of nitrogens with zero attached hydrogens (tertiary/aromatic N) is 3. The molecule has 0 aliphatic rings. The lowest BCUT2D eigenvalue weighted by atomic mass is 10.3. The van der Waals surface area contributed by atoms with Crippen molar-refractivity contribution < 1.29 is 17.9 Å². The number of hydrogen-bond acceptors (Lipinski definition) is 7. The molecule has 0 saturated carbocycles. The number of amides is 1. The van der Waals surface area contributed by atoms with E-state index in [4.69, 9.17) is 16.3 Å². The largest absolute Gasteiger partial charge is 0.494 e. The molecule has 0 fully saturated rings. The van der Waals surface area contributed by atoms with Crippen molar-refractivity contribution >= 4 is 66.4 Å². The van der Waals surface area contributed by atoms with Gasteiger partial charge >= 0.3 is 0 Å². The molecule has 32 heavy (non-hydrogen) atoms. The molecule has 174 valence electrons. The second-order valence-corrected chi connectivity index (χ2v) is 10.7. The van der Waals surface area contributed by atoms with Crippen LogP contribution in [-0.2, 0) is 14.6 Å². The smallest absolute Gasteiger partial charge is 0.229 e. The second kappa shape index (κ2) is 11.3. The summed E-state index contributed by atoms with van der Waals surface area (Å²) in [5, 5.41) is 0.978. The molecule has 0 spiro atoms. The number of fused-ring (bicyclic) bond motifs is 1. The Morgan fingerprint density at radius 1 is 1.12 bits per heavy atom. The molecule has 0 aliphatic heterocycles. The van der Waals surface area contributed by atoms with Gasteiger partial charge in [0.15, 0.2) is 15.0 Å². The van der Waals surface area contributed by atoms with Gasteiger partial charge in [-0.15, -0.1) is 12.4 Å². The van der Waals surface area contributed by atoms with Gasteiger partial charge in [0.05, 0.1) is 22.5 Å². The maximum Gasteiger partial charge on any atom is 0.229 e. The Bertz CT molecular complexity index is 1170. The summed E-state index contributed by atoms with van der Waals surface area (Å²) >= 11 is 7.22. The van der Waals surface area contributed by atoms with Gasteiger partial charge in [-0.2, -0.15) is 0 Å². The van der Waals surface area contributed by atoms with Crippen molar-refractivity contribution in [2.24, 2.45) is 0 Å². The van der Waals surface area contributed by atoms with Crippen LogP contribution < -0.4 is 9.64 Å². The monoisotopic (exact) mass is 517 g/mol. The van der Waals surface area contributed by atoms with Crippen LogP contribution in [-0.4, -0.2) is 64.3 Å². The van der Waals surface area contributed by atoms with E-state index < -0.39 is 9.84 Å². The first kappa shape index (κ1) is 26.3. The molecule has 3 aromatic rings. The number of para-hydroxylation sites is 1. The molecule has 0 radical (unpaired) electrons. The first-order valence-corrected chi connectivity index (χ1v) is 12.4. The number of carbonyl (C=O) groups excluding carboxylic acids is 1. The standard InChI is InChI=1S/C21H24ClN3O4S2.ClH/c1-24(2)12-13-25(21-23-20-17(29-3)5-4-6-18(20)30-21)19(26)11-14-31(27,28)16-9-7-15(22)8-10-16;/h4-10H,11-14H2,1-3H3;1H. The molecule has 3 rings (SSSR count). The minimum absolute atomic E-state index is 0. The molecule has 0 bridgehead atoms. The van der Waals surface area contributed by atoms with E-state index in [1.165, 1.54) is 35.6 Å². The summed E-state index contributed by atoms with van der Waals surface area (Å²) in [5.41, 5.74) is 0.682. The highest BCUT2D eigenvalue weighted by Gasteiger charge is 2.24. The number of thiazole rings is 1. The number of likely N-dealkylation sites (N-methyl/N-ethyl adjacent to an activating group) is 1. The second-order valence-electron chi connectivity index (χ2n) is 7.17. The Hall–Kier alpha value is -1.91. The zero-order valence-electron chi connectivity index (χ0n) is 17.9. The number of aromatic nitrogens is 1. The first-order valence-electron chi connectivity index (χ1n) is 9.58. The van der Waals surface area contributed by atoms with Crippen LogP contribution in [0.25, 0.3) is 10.2 Å². The highest BCUT2D eigenvalue weighted by Crippen LogP contribution is 2.34. The predicted octanol–water partition coefficient (Wildman–Crippen LogP) is 4.14. The summed E-state index contributed by atoms with van der Waals surface area (Å²) < 4.78 is 31.6. The van der Waals surface area contributed by atoms with Gasteiger partial charge < -0.3 is 9.64 Å². The molecule has 11 heteroatoms. The number of halogens is 2. The summed E-state index contributed by atoms with van der Waals surface area (Å²) in [7, 11) is 1.79. The highest BCUT2D eigenvalue weighted by atomic mass is 35.5. The fourth-order valence-corrected chi connectivity index (χ4v) is 5.32. The number of carbonyl (C=O) groups is 1. The van der Waals surface area contributed by atoms with Crippen molar-refractivity contribution in [2.75, 3.05) is 44.9 Å². The lowest BCUT2D eigenvalue weighted by Crippen LogP contribution is -2.37. The molecule has 1 heterocycles. The minimum Gasteiger partial charge on any atom is -0.494 e. The van der Waals surface area contributed by atoms with E-state index in [2.05, 4.69) is 4.98 Å². The van der Waals surface area contributed by atoms with Gasteiger partial charge in [-0.1, -0.05) is 29.0 Å². The number of ether oxygens (including phenoxy) is 1. The summed E-state index contributed by atoms with van der Waals surface area (Å²) in [6.45, 7) is 1.01. The van der Waals surface area contributed by atoms with Crippen LogP contribution in [0.3, 0.4) is 0 Å². The zero-order valence-corrected chi connectivity index (χ0v) is 21.2. The van der Waals surface area contributed by atoms with Gasteiger partial charge in [0, 0.05) is 24.5 Å². The fraction of sp³-hybridized carbons (Fsp3) is 0.333. The highest BCUT2D eigenvalue weighted by molar-refractivity contribution is 7.91. The van der Waals surface area contributed by atoms with Crippen molar-refractivity contribution in [3.63, 3.8) is 0 Å². The third kappa shape index (κ3) is 6.32. The van der Waals surface area contributed by atoms with Gasteiger partial charge in [-0.3, -0.25) is 9.69 Å². The summed E-state index contributed by atoms with van der Waals surface area (Å²) in [4.78, 5) is 21.3. The van der Waals surface area contributed by atoms with Crippen molar-refractivity contribution in [2.45, 2.75) is 11.3 Å². The molecule has 0 atom stereocenters. The maximum absolute atomic E-state index is 13.1. The van der Waals surface area contributed by atoms with Gasteiger partial charge in [-0.05, 0) is 50.5 Å². The van der Waals surface area contributed by atoms with Crippen molar-refractivity contribution in [3.05, 3.63) is 47.5 Å². The van der Waals surface area contributed by atoms with Crippen molar-refractivity contribution in [1.82, 2.24) is 9.88 Å². The minimum atomic E-state index is -3.61. The van der Waals surface area contributed by atoms with E-state index in [0.29, 0.717) is 34.5 Å². The maximum atomic E-state index is 13.1. The summed E-state index contributed by atoms with van der Waals surface area (Å²) in [5.74, 6) is 0.0443. The quantitative estimate of drug-likeness (QED) is 0.424. The number of rotatable bonds is 9. The molecule has 7 nitrogen and oxygen atoms in total. The number of methoxy groups -OCH3 is 1. The average Bonchev–Trinajstić information content (AvgIpc) is 3.16. The Labute approximate surface area is 203 Å². The van der Waals surface area contributed by atoms with E-state index in [9.17, 15) is 13.2 Å². The molecule has 1 aromatic heterocycles. The zero-order chi connectivity index (χ0) is 22.6. The molecular formula is C21H25Cl2N3O4S2. The average molecular weight is 518 g/mol. The van der Waals surface area contributed by atoms with Crippen LogP contribution in [0.15, 0.2) is 47.4 Å². The summed E-state index contributed by atoms with van der Waals surface area (Å²) in [6.07, 6.45) is -0.147. The normalized spacial score (nSPS) is 11.4. The van der Waals surface area contributed by atoms with Crippen LogP contribution in [0.1, 0.15) is 6.42 Å². The van der Waals surface area contributed by atoms with Gasteiger partial charge in [0.2, 0.25) is 5.91 Å².